The van der Waals surface area contributed by atoms with E-state index in [0.717, 1.165) is 0 Å². The molecule has 18 heavy (non-hydrogen) atoms. The molecule has 0 saturated carbocycles. The highest BCUT2D eigenvalue weighted by atomic mass is 32.1. The maximum Gasteiger partial charge on any atom is 0.165 e. The molecule has 2 rings (SSSR count). The molecule has 1 heterocycles. The van der Waals surface area contributed by atoms with Gasteiger partial charge in [0.25, 0.3) is 0 Å². The van der Waals surface area contributed by atoms with E-state index in [1.165, 1.54) is 30.6 Å². The molecule has 6 heteroatoms. The zero-order chi connectivity index (χ0) is 13.1. The third-order valence-corrected chi connectivity index (χ3v) is 3.36. The van der Waals surface area contributed by atoms with Crippen LogP contribution in [0, 0.1) is 17.1 Å². The van der Waals surface area contributed by atoms with Gasteiger partial charge < -0.3 is 10.5 Å². The minimum absolute atomic E-state index is 0.159. The van der Waals surface area contributed by atoms with E-state index in [1.807, 2.05) is 6.07 Å². The molecule has 2 aromatic rings. The standard InChI is InChI=1S/C12H10FN3OS/c1-17-9-3-2-7(4-8(9)13)12-10(5-14)18-11(6-15)16-12/h2-4H,6,15H2,1H3. The fourth-order valence-electron chi connectivity index (χ4n) is 1.54. The second kappa shape index (κ2) is 5.12. The number of aromatic nitrogens is 1. The van der Waals surface area contributed by atoms with Crippen LogP contribution in [0.25, 0.3) is 11.3 Å². The zero-order valence-electron chi connectivity index (χ0n) is 9.61. The van der Waals surface area contributed by atoms with E-state index in [1.54, 1.807) is 6.07 Å². The van der Waals surface area contributed by atoms with Gasteiger partial charge in [0.2, 0.25) is 0 Å². The highest BCUT2D eigenvalue weighted by Crippen LogP contribution is 2.30. The predicted octanol–water partition coefficient (Wildman–Crippen LogP) is 2.29. The third-order valence-electron chi connectivity index (χ3n) is 2.37. The summed E-state index contributed by atoms with van der Waals surface area (Å²) in [6.45, 7) is 0.262. The molecule has 2 N–H and O–H groups in total. The predicted molar refractivity (Wildman–Crippen MR) is 66.7 cm³/mol. The van der Waals surface area contributed by atoms with Crippen molar-refractivity contribution in [3.05, 3.63) is 33.9 Å². The first-order chi connectivity index (χ1) is 8.69. The van der Waals surface area contributed by atoms with Crippen molar-refractivity contribution in [1.29, 1.82) is 5.26 Å². The van der Waals surface area contributed by atoms with E-state index >= 15 is 0 Å². The monoisotopic (exact) mass is 263 g/mol. The van der Waals surface area contributed by atoms with Crippen molar-refractivity contribution in [2.24, 2.45) is 5.73 Å². The molecule has 0 fully saturated rings. The fraction of sp³-hybridized carbons (Fsp3) is 0.167. The topological polar surface area (TPSA) is 71.9 Å². The Bertz CT molecular complexity index is 618. The van der Waals surface area contributed by atoms with Gasteiger partial charge in [0, 0.05) is 12.1 Å². The Hall–Kier alpha value is -1.97. The first-order valence-corrected chi connectivity index (χ1v) is 5.95. The smallest absolute Gasteiger partial charge is 0.165 e. The number of nitrogens with zero attached hydrogens (tertiary/aromatic N) is 2. The fourth-order valence-corrected chi connectivity index (χ4v) is 2.30. The van der Waals surface area contributed by atoms with Crippen LogP contribution in [-0.4, -0.2) is 12.1 Å². The van der Waals surface area contributed by atoms with Gasteiger partial charge in [0.1, 0.15) is 16.0 Å². The maximum atomic E-state index is 13.6. The van der Waals surface area contributed by atoms with Crippen molar-refractivity contribution in [2.75, 3.05) is 7.11 Å². The largest absolute Gasteiger partial charge is 0.494 e. The van der Waals surface area contributed by atoms with E-state index in [4.69, 9.17) is 15.7 Å². The second-order valence-electron chi connectivity index (χ2n) is 3.45. The summed E-state index contributed by atoms with van der Waals surface area (Å²) >= 11 is 1.22. The summed E-state index contributed by atoms with van der Waals surface area (Å²) in [5.74, 6) is -0.326. The Morgan fingerprint density at radius 3 is 2.89 bits per heavy atom. The normalized spacial score (nSPS) is 10.1. The number of thiazole rings is 1. The summed E-state index contributed by atoms with van der Waals surface area (Å²) in [6.07, 6.45) is 0. The van der Waals surface area contributed by atoms with Crippen LogP contribution < -0.4 is 10.5 Å². The number of hydrogen-bond acceptors (Lipinski definition) is 5. The summed E-state index contributed by atoms with van der Waals surface area (Å²) in [4.78, 5) is 4.66. The first kappa shape index (κ1) is 12.5. The van der Waals surface area contributed by atoms with Crippen LogP contribution >= 0.6 is 11.3 Å². The highest BCUT2D eigenvalue weighted by Gasteiger charge is 2.14. The molecule has 4 nitrogen and oxygen atoms in total. The number of ether oxygens (including phenoxy) is 1. The van der Waals surface area contributed by atoms with Gasteiger partial charge in [-0.3, -0.25) is 0 Å². The van der Waals surface area contributed by atoms with E-state index < -0.39 is 5.82 Å². The number of hydrogen-bond donors (Lipinski definition) is 1. The Balaban J connectivity index is 2.52. The molecule has 0 amide bonds. The van der Waals surface area contributed by atoms with Gasteiger partial charge >= 0.3 is 0 Å². The average Bonchev–Trinajstić information content (AvgIpc) is 2.82. The lowest BCUT2D eigenvalue weighted by Crippen LogP contribution is -1.95. The van der Waals surface area contributed by atoms with Gasteiger partial charge in [0.05, 0.1) is 12.8 Å². The minimum Gasteiger partial charge on any atom is -0.494 e. The third kappa shape index (κ3) is 2.18. The van der Waals surface area contributed by atoms with Gasteiger partial charge in [0.15, 0.2) is 11.6 Å². The lowest BCUT2D eigenvalue weighted by molar-refractivity contribution is 0.386. The molecule has 0 unspecified atom stereocenters. The lowest BCUT2D eigenvalue weighted by Gasteiger charge is -2.03. The number of methoxy groups -OCH3 is 1. The number of benzene rings is 1. The second-order valence-corrected chi connectivity index (χ2v) is 4.53. The van der Waals surface area contributed by atoms with E-state index in [-0.39, 0.29) is 12.3 Å². The van der Waals surface area contributed by atoms with Crippen LogP contribution in [0.3, 0.4) is 0 Å². The molecule has 0 radical (unpaired) electrons. The van der Waals surface area contributed by atoms with Crippen LogP contribution in [-0.2, 0) is 6.54 Å². The van der Waals surface area contributed by atoms with Crippen molar-refractivity contribution in [1.82, 2.24) is 4.98 Å². The molecule has 0 bridgehead atoms. The van der Waals surface area contributed by atoms with Crippen LogP contribution in [0.2, 0.25) is 0 Å². The van der Waals surface area contributed by atoms with Crippen molar-refractivity contribution >= 4 is 11.3 Å². The Labute approximate surface area is 107 Å². The zero-order valence-corrected chi connectivity index (χ0v) is 10.4. The van der Waals surface area contributed by atoms with Crippen LogP contribution in [0.1, 0.15) is 9.88 Å². The number of rotatable bonds is 3. The summed E-state index contributed by atoms with van der Waals surface area (Å²) in [7, 11) is 1.40. The van der Waals surface area contributed by atoms with Gasteiger partial charge in [-0.05, 0) is 18.2 Å². The summed E-state index contributed by atoms with van der Waals surface area (Å²) in [5.41, 5.74) is 6.49. The molecule has 0 aliphatic heterocycles. The van der Waals surface area contributed by atoms with Gasteiger partial charge in [-0.15, -0.1) is 11.3 Å². The lowest BCUT2D eigenvalue weighted by atomic mass is 10.1. The number of halogens is 1. The van der Waals surface area contributed by atoms with Crippen LogP contribution in [0.15, 0.2) is 18.2 Å². The minimum atomic E-state index is -0.485. The van der Waals surface area contributed by atoms with E-state index in [9.17, 15) is 4.39 Å². The molecule has 1 aromatic heterocycles. The van der Waals surface area contributed by atoms with Crippen LogP contribution in [0.4, 0.5) is 4.39 Å². The van der Waals surface area contributed by atoms with E-state index in [0.29, 0.717) is 21.1 Å². The maximum absolute atomic E-state index is 13.6. The Kier molecular flexibility index (Phi) is 3.55. The molecule has 0 saturated heterocycles. The number of nitrogens with two attached hydrogens (primary N) is 1. The Morgan fingerprint density at radius 1 is 1.56 bits per heavy atom. The Morgan fingerprint density at radius 2 is 2.33 bits per heavy atom. The van der Waals surface area contributed by atoms with Crippen molar-refractivity contribution in [3.8, 4) is 23.1 Å². The van der Waals surface area contributed by atoms with Crippen molar-refractivity contribution in [3.63, 3.8) is 0 Å². The molecule has 0 aliphatic carbocycles. The molecule has 0 aliphatic rings. The summed E-state index contributed by atoms with van der Waals surface area (Å²) in [5, 5.41) is 9.67. The van der Waals surface area contributed by atoms with Crippen molar-refractivity contribution in [2.45, 2.75) is 6.54 Å². The number of nitriles is 1. The van der Waals surface area contributed by atoms with Crippen molar-refractivity contribution < 1.29 is 9.13 Å². The molecule has 92 valence electrons. The quantitative estimate of drug-likeness (QED) is 0.922. The summed E-state index contributed by atoms with van der Waals surface area (Å²) < 4.78 is 18.4. The van der Waals surface area contributed by atoms with Gasteiger partial charge in [-0.25, -0.2) is 9.37 Å². The molecular formula is C12H10FN3OS. The molecule has 0 atom stereocenters. The van der Waals surface area contributed by atoms with Crippen LogP contribution in [0.5, 0.6) is 5.75 Å². The highest BCUT2D eigenvalue weighted by molar-refractivity contribution is 7.12. The molecular weight excluding hydrogens is 253 g/mol. The average molecular weight is 263 g/mol. The summed E-state index contributed by atoms with van der Waals surface area (Å²) in [6, 6.07) is 6.52. The molecule has 1 aromatic carbocycles. The van der Waals surface area contributed by atoms with Gasteiger partial charge in [-0.2, -0.15) is 5.26 Å². The SMILES string of the molecule is COc1ccc(-c2nc(CN)sc2C#N)cc1F. The van der Waals surface area contributed by atoms with Gasteiger partial charge in [-0.1, -0.05) is 0 Å². The molecule has 0 spiro atoms. The van der Waals surface area contributed by atoms with E-state index in [2.05, 4.69) is 4.98 Å². The first-order valence-electron chi connectivity index (χ1n) is 5.13.